The molecule has 7 rings (SSSR count). The Morgan fingerprint density at radius 3 is 2.53 bits per heavy atom. The van der Waals surface area contributed by atoms with Crippen molar-refractivity contribution in [2.75, 3.05) is 50.7 Å². The second kappa shape index (κ2) is 11.9. The molecule has 0 spiro atoms. The zero-order chi connectivity index (χ0) is 29.2. The second-order valence-corrected chi connectivity index (χ2v) is 11.9. The third-order valence-electron chi connectivity index (χ3n) is 8.08. The Kier molecular flexibility index (Phi) is 7.52. The molecule has 2 aliphatic rings. The number of aromatic amines is 1. The number of hydrogen-bond acceptors (Lipinski definition) is 9. The van der Waals surface area contributed by atoms with Crippen molar-refractivity contribution in [3.05, 3.63) is 78.2 Å². The molecular formula is C31H31N9O2S. The molecule has 43 heavy (non-hydrogen) atoms. The summed E-state index contributed by atoms with van der Waals surface area (Å²) in [7, 11) is 0. The minimum Gasteiger partial charge on any atom is -0.368 e. The zero-order valence-corrected chi connectivity index (χ0v) is 24.3. The van der Waals surface area contributed by atoms with Gasteiger partial charge in [-0.25, -0.2) is 9.97 Å². The van der Waals surface area contributed by atoms with E-state index in [9.17, 15) is 9.59 Å². The number of piperazine rings is 1. The number of amides is 2. The summed E-state index contributed by atoms with van der Waals surface area (Å²) >= 11 is 1.37. The maximum absolute atomic E-state index is 13.1. The van der Waals surface area contributed by atoms with Gasteiger partial charge in [-0.2, -0.15) is 5.10 Å². The number of likely N-dealkylation sites (tertiary alicyclic amines) is 1. The average Bonchev–Trinajstić information content (AvgIpc) is 3.79. The van der Waals surface area contributed by atoms with E-state index in [0.29, 0.717) is 36.9 Å². The summed E-state index contributed by atoms with van der Waals surface area (Å²) in [5.41, 5.74) is 3.91. The predicted octanol–water partition coefficient (Wildman–Crippen LogP) is 3.30. The highest BCUT2D eigenvalue weighted by molar-refractivity contribution is 7.20. The Morgan fingerprint density at radius 1 is 0.953 bits per heavy atom. The van der Waals surface area contributed by atoms with Crippen molar-refractivity contribution >= 4 is 39.1 Å². The highest BCUT2D eigenvalue weighted by Crippen LogP contribution is 2.32. The summed E-state index contributed by atoms with van der Waals surface area (Å²) in [5, 5.41) is 11.5. The van der Waals surface area contributed by atoms with Gasteiger partial charge in [0.1, 0.15) is 4.83 Å². The van der Waals surface area contributed by atoms with E-state index in [1.807, 2.05) is 41.3 Å². The molecule has 2 amide bonds. The molecule has 0 saturated carbocycles. The molecule has 11 nitrogen and oxygen atoms in total. The van der Waals surface area contributed by atoms with Crippen LogP contribution in [0.4, 0.5) is 5.69 Å². The first-order valence-electron chi connectivity index (χ1n) is 14.4. The van der Waals surface area contributed by atoms with Crippen molar-refractivity contribution in [3.8, 4) is 22.6 Å². The predicted molar refractivity (Wildman–Crippen MR) is 166 cm³/mol. The van der Waals surface area contributed by atoms with Crippen LogP contribution in [0.15, 0.2) is 73.3 Å². The fraction of sp³-hybridized carbons (Fsp3) is 0.290. The number of hydrogen-bond donors (Lipinski definition) is 2. The number of aromatic nitrogens is 5. The van der Waals surface area contributed by atoms with Crippen molar-refractivity contribution in [2.24, 2.45) is 0 Å². The Bertz CT molecular complexity index is 1710. The van der Waals surface area contributed by atoms with E-state index in [4.69, 9.17) is 0 Å². The highest BCUT2D eigenvalue weighted by atomic mass is 32.1. The van der Waals surface area contributed by atoms with Gasteiger partial charge in [-0.3, -0.25) is 24.6 Å². The summed E-state index contributed by atoms with van der Waals surface area (Å²) in [6.45, 7) is 4.79. The number of carbonyl (C=O) groups excluding carboxylic acids is 2. The first kappa shape index (κ1) is 27.2. The molecule has 5 aromatic rings. The maximum Gasteiger partial charge on any atom is 0.261 e. The first-order valence-corrected chi connectivity index (χ1v) is 15.2. The summed E-state index contributed by atoms with van der Waals surface area (Å²) in [6, 6.07) is 15.8. The minimum absolute atomic E-state index is 0.00943. The van der Waals surface area contributed by atoms with Crippen LogP contribution in [0.1, 0.15) is 16.1 Å². The normalized spacial score (nSPS) is 17.4. The lowest BCUT2D eigenvalue weighted by atomic mass is 10.1. The zero-order valence-electron chi connectivity index (χ0n) is 23.5. The quantitative estimate of drug-likeness (QED) is 0.295. The Labute approximate surface area is 252 Å². The van der Waals surface area contributed by atoms with E-state index in [-0.39, 0.29) is 17.9 Å². The lowest BCUT2D eigenvalue weighted by Crippen LogP contribution is -2.51. The standard InChI is InChI=1S/C31H31N9O2S/c41-27(40-15-13-39(14-16-40)24-6-4-21(5-7-24)29-33-10-2-11-34-29)20-38-12-8-23(19-38)35-30(42)26-17-25-28(36-37-31(25)43-26)22-3-1-9-32-18-22/h1-7,9-11,17-18,23H,8,12-16,19-20H2,(H,35,42)(H,36,37)/t23-/m1/s1. The van der Waals surface area contributed by atoms with Crippen LogP contribution in [0.2, 0.25) is 0 Å². The minimum atomic E-state index is -0.0984. The summed E-state index contributed by atoms with van der Waals surface area (Å²) in [6.07, 6.45) is 7.81. The average molecular weight is 594 g/mol. The molecule has 12 heteroatoms. The molecule has 218 valence electrons. The van der Waals surface area contributed by atoms with Crippen LogP contribution >= 0.6 is 11.3 Å². The third kappa shape index (κ3) is 5.84. The molecule has 2 aliphatic heterocycles. The Hall–Kier alpha value is -4.68. The monoisotopic (exact) mass is 593 g/mol. The molecule has 2 saturated heterocycles. The first-order chi connectivity index (χ1) is 21.1. The van der Waals surface area contributed by atoms with Gasteiger partial charge in [-0.1, -0.05) is 0 Å². The fourth-order valence-electron chi connectivity index (χ4n) is 5.78. The number of benzene rings is 1. The van der Waals surface area contributed by atoms with Gasteiger partial charge in [0.05, 0.1) is 17.1 Å². The second-order valence-electron chi connectivity index (χ2n) is 10.9. The molecule has 1 aromatic carbocycles. The van der Waals surface area contributed by atoms with Gasteiger partial charge in [-0.15, -0.1) is 11.3 Å². The third-order valence-corrected chi connectivity index (χ3v) is 9.11. The Balaban J connectivity index is 0.885. The van der Waals surface area contributed by atoms with Gasteiger partial charge in [0.25, 0.3) is 5.91 Å². The number of rotatable bonds is 7. The van der Waals surface area contributed by atoms with Crippen LogP contribution in [0.3, 0.4) is 0 Å². The molecule has 0 radical (unpaired) electrons. The molecule has 2 N–H and O–H groups in total. The molecule has 4 aromatic heterocycles. The summed E-state index contributed by atoms with van der Waals surface area (Å²) in [4.78, 5) is 46.8. The maximum atomic E-state index is 13.1. The van der Waals surface area contributed by atoms with Crippen molar-refractivity contribution < 1.29 is 9.59 Å². The molecule has 0 bridgehead atoms. The van der Waals surface area contributed by atoms with E-state index in [2.05, 4.69) is 52.4 Å². The van der Waals surface area contributed by atoms with E-state index in [1.165, 1.54) is 11.3 Å². The molecule has 1 atom stereocenters. The largest absolute Gasteiger partial charge is 0.368 e. The number of H-pyrrole nitrogens is 1. The van der Waals surface area contributed by atoms with Crippen molar-refractivity contribution in [1.29, 1.82) is 0 Å². The van der Waals surface area contributed by atoms with Crippen LogP contribution in [-0.4, -0.2) is 98.6 Å². The lowest BCUT2D eigenvalue weighted by molar-refractivity contribution is -0.132. The molecular weight excluding hydrogens is 562 g/mol. The highest BCUT2D eigenvalue weighted by Gasteiger charge is 2.29. The van der Waals surface area contributed by atoms with Gasteiger partial charge in [-0.05, 0) is 55.0 Å². The Morgan fingerprint density at radius 2 is 1.77 bits per heavy atom. The van der Waals surface area contributed by atoms with E-state index in [0.717, 1.165) is 58.8 Å². The SMILES string of the molecule is O=C(N[C@@H]1CCN(CC(=O)N2CCN(c3ccc(-c4ncccn4)cc3)CC2)C1)c1cc2c(-c3cccnc3)[nH]nc2s1. The molecule has 0 aliphatic carbocycles. The van der Waals surface area contributed by atoms with Crippen LogP contribution in [0.25, 0.3) is 32.9 Å². The van der Waals surface area contributed by atoms with E-state index < -0.39 is 0 Å². The fourth-order valence-corrected chi connectivity index (χ4v) is 6.68. The number of pyridine rings is 1. The van der Waals surface area contributed by atoms with E-state index in [1.54, 1.807) is 24.8 Å². The number of anilines is 1. The smallest absolute Gasteiger partial charge is 0.261 e. The summed E-state index contributed by atoms with van der Waals surface area (Å²) < 4.78 is 0. The van der Waals surface area contributed by atoms with Crippen LogP contribution in [-0.2, 0) is 4.79 Å². The van der Waals surface area contributed by atoms with Crippen LogP contribution < -0.4 is 10.2 Å². The molecule has 6 heterocycles. The lowest BCUT2D eigenvalue weighted by Gasteiger charge is -2.36. The number of thiophene rings is 1. The van der Waals surface area contributed by atoms with Gasteiger partial charge in [0.2, 0.25) is 5.91 Å². The van der Waals surface area contributed by atoms with Crippen molar-refractivity contribution in [3.63, 3.8) is 0 Å². The number of nitrogens with one attached hydrogen (secondary N) is 2. The molecule has 0 unspecified atom stereocenters. The van der Waals surface area contributed by atoms with Gasteiger partial charge in [0.15, 0.2) is 5.82 Å². The van der Waals surface area contributed by atoms with Crippen LogP contribution in [0, 0.1) is 0 Å². The number of carbonyl (C=O) groups is 2. The van der Waals surface area contributed by atoms with Gasteiger partial charge in [0, 0.05) is 92.3 Å². The molecule has 2 fully saturated rings. The van der Waals surface area contributed by atoms with Gasteiger partial charge < -0.3 is 15.1 Å². The van der Waals surface area contributed by atoms with Crippen molar-refractivity contribution in [1.82, 2.24) is 40.3 Å². The number of nitrogens with zero attached hydrogens (tertiary/aromatic N) is 7. The summed E-state index contributed by atoms with van der Waals surface area (Å²) in [5.74, 6) is 0.759. The number of fused-ring (bicyclic) bond motifs is 1. The van der Waals surface area contributed by atoms with Crippen molar-refractivity contribution in [2.45, 2.75) is 12.5 Å². The van der Waals surface area contributed by atoms with E-state index >= 15 is 0 Å². The topological polar surface area (TPSA) is 123 Å². The van der Waals surface area contributed by atoms with Crippen LogP contribution in [0.5, 0.6) is 0 Å². The van der Waals surface area contributed by atoms with Gasteiger partial charge >= 0.3 is 0 Å².